The molecule has 0 atom stereocenters. The molecule has 1 spiro atoms. The first-order valence-corrected chi connectivity index (χ1v) is 23.8. The molecule has 2 aliphatic carbocycles. The van der Waals surface area contributed by atoms with Gasteiger partial charge in [-0.25, -0.2) is 0 Å². The predicted octanol–water partition coefficient (Wildman–Crippen LogP) is 16.7. The Morgan fingerprint density at radius 2 is 0.970 bits per heavy atom. The van der Waals surface area contributed by atoms with Crippen LogP contribution < -0.4 is 9.80 Å². The Hall–Kier alpha value is -8.12. The van der Waals surface area contributed by atoms with Crippen LogP contribution in [-0.2, 0) is 5.41 Å². The molecule has 8 aromatic carbocycles. The first-order chi connectivity index (χ1) is 33.0. The third kappa shape index (κ3) is 5.98. The van der Waals surface area contributed by atoms with Crippen LogP contribution in [0.2, 0.25) is 0 Å². The summed E-state index contributed by atoms with van der Waals surface area (Å²) < 4.78 is 2.51. The maximum absolute atomic E-state index is 4.88. The maximum Gasteiger partial charge on any atom is 0.0727 e. The molecule has 0 unspecified atom stereocenters. The number of thiophene rings is 1. The van der Waals surface area contributed by atoms with Crippen molar-refractivity contribution in [2.45, 2.75) is 26.2 Å². The number of pyridine rings is 2. The third-order valence-electron chi connectivity index (χ3n) is 14.0. The first-order valence-electron chi connectivity index (χ1n) is 23.0. The molecule has 5 heteroatoms. The van der Waals surface area contributed by atoms with Gasteiger partial charge in [0, 0.05) is 43.9 Å². The predicted molar refractivity (Wildman–Crippen MR) is 280 cm³/mol. The highest BCUT2D eigenvalue weighted by atomic mass is 32.1. The molecule has 0 radical (unpaired) electrons. The minimum Gasteiger partial charge on any atom is -0.309 e. The van der Waals surface area contributed by atoms with Crippen LogP contribution >= 0.6 is 11.3 Å². The summed E-state index contributed by atoms with van der Waals surface area (Å²) in [4.78, 5) is 14.5. The van der Waals surface area contributed by atoms with E-state index >= 15 is 0 Å². The Kier molecular flexibility index (Phi) is 8.93. The highest BCUT2D eigenvalue weighted by Crippen LogP contribution is 2.66. The van der Waals surface area contributed by atoms with Gasteiger partial charge in [-0.1, -0.05) is 133 Å². The van der Waals surface area contributed by atoms with Gasteiger partial charge in [-0.3, -0.25) is 9.97 Å². The lowest BCUT2D eigenvalue weighted by molar-refractivity contribution is 0.794. The highest BCUT2D eigenvalue weighted by molar-refractivity contribution is 7.26. The molecule has 2 aliphatic rings. The lowest BCUT2D eigenvalue weighted by atomic mass is 9.70. The van der Waals surface area contributed by atoms with E-state index in [4.69, 9.17) is 9.97 Å². The average molecular weight is 877 g/mol. The molecule has 0 fully saturated rings. The molecule has 0 amide bonds. The van der Waals surface area contributed by atoms with Crippen molar-refractivity contribution in [1.29, 1.82) is 0 Å². The van der Waals surface area contributed by atoms with Crippen LogP contribution in [0, 0.1) is 20.8 Å². The number of hydrogen-bond donors (Lipinski definition) is 0. The summed E-state index contributed by atoms with van der Waals surface area (Å²) in [7, 11) is 0. The van der Waals surface area contributed by atoms with Crippen molar-refractivity contribution in [2.75, 3.05) is 9.80 Å². The summed E-state index contributed by atoms with van der Waals surface area (Å²) in [6.07, 6.45) is 4.03. The fourth-order valence-corrected chi connectivity index (χ4v) is 12.2. The van der Waals surface area contributed by atoms with Gasteiger partial charge in [-0.15, -0.1) is 11.3 Å². The smallest absolute Gasteiger partial charge is 0.0727 e. The van der Waals surface area contributed by atoms with Crippen LogP contribution in [0.5, 0.6) is 0 Å². The fourth-order valence-electron chi connectivity index (χ4n) is 11.0. The first kappa shape index (κ1) is 39.3. The van der Waals surface area contributed by atoms with Crippen molar-refractivity contribution in [2.24, 2.45) is 0 Å². The normalized spacial score (nSPS) is 12.8. The Morgan fingerprint density at radius 1 is 0.418 bits per heavy atom. The Bertz CT molecular complexity index is 3610. The van der Waals surface area contributed by atoms with Crippen LogP contribution in [0.25, 0.3) is 53.6 Å². The molecule has 4 nitrogen and oxygen atoms in total. The van der Waals surface area contributed by atoms with Crippen LogP contribution in [0.15, 0.2) is 213 Å². The molecule has 13 rings (SSSR count). The Labute approximate surface area is 394 Å². The molecule has 0 bridgehead atoms. The zero-order valence-corrected chi connectivity index (χ0v) is 38.2. The quantitative estimate of drug-likeness (QED) is 0.160. The fraction of sp³-hybridized carbons (Fsp3) is 0.0645. The largest absolute Gasteiger partial charge is 0.309 e. The van der Waals surface area contributed by atoms with E-state index in [0.717, 1.165) is 45.5 Å². The summed E-state index contributed by atoms with van der Waals surface area (Å²) in [5, 5.41) is 2.55. The molecule has 67 heavy (non-hydrogen) atoms. The van der Waals surface area contributed by atoms with Gasteiger partial charge < -0.3 is 9.80 Å². The molecule has 3 aromatic heterocycles. The number of nitrogens with zero attached hydrogens (tertiary/aromatic N) is 4. The van der Waals surface area contributed by atoms with Gasteiger partial charge in [0.2, 0.25) is 0 Å². The summed E-state index contributed by atoms with van der Waals surface area (Å²) in [6.45, 7) is 6.26. The number of fused-ring (bicyclic) bond motifs is 14. The van der Waals surface area contributed by atoms with Gasteiger partial charge in [0.15, 0.2) is 0 Å². The van der Waals surface area contributed by atoms with Gasteiger partial charge >= 0.3 is 0 Å². The molecule has 318 valence electrons. The number of rotatable bonds is 7. The molecule has 0 saturated heterocycles. The minimum atomic E-state index is -0.640. The van der Waals surface area contributed by atoms with E-state index in [9.17, 15) is 0 Å². The topological polar surface area (TPSA) is 32.3 Å². The lowest BCUT2D eigenvalue weighted by Gasteiger charge is -2.33. The molecular weight excluding hydrogens is 833 g/mol. The van der Waals surface area contributed by atoms with Crippen molar-refractivity contribution in [3.63, 3.8) is 0 Å². The molecule has 0 aliphatic heterocycles. The molecule has 11 aromatic rings. The number of anilines is 6. The van der Waals surface area contributed by atoms with Crippen molar-refractivity contribution in [3.8, 4) is 33.4 Å². The third-order valence-corrected chi connectivity index (χ3v) is 15.2. The molecular formula is C62H44N4S. The van der Waals surface area contributed by atoms with Crippen molar-refractivity contribution in [1.82, 2.24) is 9.97 Å². The molecule has 0 N–H and O–H groups in total. The van der Waals surface area contributed by atoms with E-state index < -0.39 is 5.41 Å². The number of benzene rings is 8. The summed E-state index contributed by atoms with van der Waals surface area (Å²) in [6, 6.07) is 74.1. The second-order valence-electron chi connectivity index (χ2n) is 17.9. The van der Waals surface area contributed by atoms with E-state index in [-0.39, 0.29) is 0 Å². The van der Waals surface area contributed by atoms with Gasteiger partial charge in [0.05, 0.1) is 39.6 Å². The zero-order chi connectivity index (χ0) is 44.8. The van der Waals surface area contributed by atoms with Crippen LogP contribution in [0.3, 0.4) is 0 Å². The van der Waals surface area contributed by atoms with Gasteiger partial charge in [-0.05, 0) is 149 Å². The average Bonchev–Trinajstić information content (AvgIpc) is 4.01. The van der Waals surface area contributed by atoms with E-state index in [1.54, 1.807) is 0 Å². The Morgan fingerprint density at radius 3 is 1.64 bits per heavy atom. The van der Waals surface area contributed by atoms with Crippen molar-refractivity contribution >= 4 is 65.6 Å². The van der Waals surface area contributed by atoms with E-state index in [1.807, 2.05) is 30.7 Å². The summed E-state index contributed by atoms with van der Waals surface area (Å²) >= 11 is 1.88. The van der Waals surface area contributed by atoms with Gasteiger partial charge in [-0.2, -0.15) is 0 Å². The van der Waals surface area contributed by atoms with Crippen molar-refractivity contribution < 1.29 is 0 Å². The maximum atomic E-state index is 4.88. The second-order valence-corrected chi connectivity index (χ2v) is 19.0. The zero-order valence-electron chi connectivity index (χ0n) is 37.4. The minimum absolute atomic E-state index is 0.640. The summed E-state index contributed by atoms with van der Waals surface area (Å²) in [5.74, 6) is 0. The molecule has 3 heterocycles. The Balaban J connectivity index is 1.13. The highest BCUT2D eigenvalue weighted by Gasteiger charge is 2.53. The van der Waals surface area contributed by atoms with Crippen LogP contribution in [0.1, 0.15) is 39.2 Å². The number of aryl methyl sites for hydroxylation is 3. The standard InChI is InChI=1S/C62H44N4S/c1-39-21-27-45(28-22-39)66(48-30-24-41(3)64-38-48)57-36-56-59(60-52-17-9-12-20-58(52)67-61(57)60)51-34-33-46(35-55(51)62(56)53-18-10-7-15-49(53)50-16-8-11-19-54(50)62)65(47-29-23-40(2)63-37-47)44-31-25-43(26-32-44)42-13-5-4-6-14-42/h4-38H,1-3H3. The summed E-state index contributed by atoms with van der Waals surface area (Å²) in [5.41, 5.74) is 21.6. The van der Waals surface area contributed by atoms with Crippen LogP contribution in [0.4, 0.5) is 34.1 Å². The monoisotopic (exact) mass is 876 g/mol. The lowest BCUT2D eigenvalue weighted by Crippen LogP contribution is -2.26. The van der Waals surface area contributed by atoms with Crippen LogP contribution in [-0.4, -0.2) is 9.97 Å². The van der Waals surface area contributed by atoms with Gasteiger partial charge in [0.25, 0.3) is 0 Å². The second kappa shape index (κ2) is 15.2. The SMILES string of the molecule is Cc1ccc(N(c2ccc(C)nc2)c2cc3c(c4c2sc2ccccc24)-c2ccc(N(c4ccc(-c5ccccc5)cc4)c4ccc(C)nc4)cc2C32c3ccccc3-c3ccccc32)cc1. The number of aromatic nitrogens is 2. The van der Waals surface area contributed by atoms with Gasteiger partial charge in [0.1, 0.15) is 0 Å². The van der Waals surface area contributed by atoms with E-state index in [1.165, 1.54) is 81.4 Å². The number of hydrogen-bond acceptors (Lipinski definition) is 5. The van der Waals surface area contributed by atoms with E-state index in [0.29, 0.717) is 0 Å². The van der Waals surface area contributed by atoms with Crippen molar-refractivity contribution in [3.05, 3.63) is 252 Å². The molecule has 0 saturated carbocycles. The van der Waals surface area contributed by atoms with E-state index in [2.05, 4.69) is 224 Å².